The molecule has 5 N–H and O–H groups in total. The van der Waals surface area contributed by atoms with Crippen molar-refractivity contribution in [1.82, 2.24) is 9.71 Å². The molecule has 0 radical (unpaired) electrons. The fraction of sp³-hybridized carbons (Fsp3) is 0.0500. The molecule has 8 nitrogen and oxygen atoms in total. The molecule has 3 rings (SSSR count). The van der Waals surface area contributed by atoms with Crippen molar-refractivity contribution in [3.05, 3.63) is 66.4 Å². The third-order valence-electron chi connectivity index (χ3n) is 4.17. The fourth-order valence-corrected chi connectivity index (χ4v) is 3.74. The zero-order valence-corrected chi connectivity index (χ0v) is 16.2. The molecule has 0 aliphatic heterocycles. The van der Waals surface area contributed by atoms with Crippen LogP contribution < -0.4 is 16.2 Å². The van der Waals surface area contributed by atoms with Crippen molar-refractivity contribution in [3.8, 4) is 22.3 Å². The number of nitrogen functional groups attached to an aromatic ring is 1. The Morgan fingerprint density at radius 1 is 0.931 bits per heavy atom. The summed E-state index contributed by atoms with van der Waals surface area (Å²) in [5.41, 5.74) is 14.5. The first-order chi connectivity index (χ1) is 13.7. The van der Waals surface area contributed by atoms with Crippen LogP contribution in [-0.4, -0.2) is 25.2 Å². The van der Waals surface area contributed by atoms with Crippen LogP contribution in [-0.2, 0) is 14.8 Å². The number of aromatic nitrogens is 1. The number of carbonyl (C=O) groups is 2. The predicted octanol–water partition coefficient (Wildman–Crippen LogP) is 1.92. The summed E-state index contributed by atoms with van der Waals surface area (Å²) in [5, 5.41) is 0. The van der Waals surface area contributed by atoms with Gasteiger partial charge >= 0.3 is 0 Å². The molecule has 2 amide bonds. The molecule has 0 aliphatic carbocycles. The minimum atomic E-state index is -3.90. The Morgan fingerprint density at radius 3 is 2.07 bits per heavy atom. The van der Waals surface area contributed by atoms with E-state index < -0.39 is 21.8 Å². The second kappa shape index (κ2) is 7.72. The molecule has 0 bridgehead atoms. The molecule has 0 saturated heterocycles. The number of hydrogen-bond donors (Lipinski definition) is 3. The molecule has 3 aromatic rings. The predicted molar refractivity (Wildman–Crippen MR) is 109 cm³/mol. The van der Waals surface area contributed by atoms with E-state index in [2.05, 4.69) is 4.98 Å². The second-order valence-electron chi connectivity index (χ2n) is 6.28. The number of pyridine rings is 1. The van der Waals surface area contributed by atoms with Crippen molar-refractivity contribution in [2.75, 3.05) is 5.73 Å². The molecule has 29 heavy (non-hydrogen) atoms. The number of nitrogens with zero attached hydrogens (tertiary/aromatic N) is 1. The zero-order valence-electron chi connectivity index (χ0n) is 15.4. The third-order valence-corrected chi connectivity index (χ3v) is 5.62. The highest BCUT2D eigenvalue weighted by atomic mass is 32.2. The van der Waals surface area contributed by atoms with Crippen LogP contribution >= 0.6 is 0 Å². The van der Waals surface area contributed by atoms with Gasteiger partial charge in [0.05, 0.1) is 4.90 Å². The van der Waals surface area contributed by atoms with E-state index in [0.717, 1.165) is 18.1 Å². The van der Waals surface area contributed by atoms with E-state index in [0.29, 0.717) is 22.5 Å². The molecule has 0 unspecified atom stereocenters. The number of rotatable bonds is 5. The van der Waals surface area contributed by atoms with Crippen LogP contribution in [0.25, 0.3) is 22.3 Å². The lowest BCUT2D eigenvalue weighted by Gasteiger charge is -2.10. The van der Waals surface area contributed by atoms with Gasteiger partial charge in [-0.05, 0) is 41.5 Å². The Kier molecular flexibility index (Phi) is 5.33. The van der Waals surface area contributed by atoms with E-state index in [1.165, 1.54) is 12.1 Å². The lowest BCUT2D eigenvalue weighted by molar-refractivity contribution is -0.117. The normalized spacial score (nSPS) is 11.1. The van der Waals surface area contributed by atoms with Gasteiger partial charge in [0.1, 0.15) is 5.82 Å². The summed E-state index contributed by atoms with van der Waals surface area (Å²) in [6, 6.07) is 14.5. The van der Waals surface area contributed by atoms with Gasteiger partial charge in [-0.15, -0.1) is 0 Å². The lowest BCUT2D eigenvalue weighted by atomic mass is 10.00. The van der Waals surface area contributed by atoms with E-state index in [4.69, 9.17) is 11.5 Å². The van der Waals surface area contributed by atoms with Crippen molar-refractivity contribution in [1.29, 1.82) is 0 Å². The van der Waals surface area contributed by atoms with Crippen LogP contribution in [0, 0.1) is 0 Å². The van der Waals surface area contributed by atoms with Gasteiger partial charge in [0.2, 0.25) is 11.8 Å². The molecule has 9 heteroatoms. The third kappa shape index (κ3) is 4.41. The number of benzene rings is 2. The first-order valence-corrected chi connectivity index (χ1v) is 9.95. The van der Waals surface area contributed by atoms with Crippen LogP contribution in [0.4, 0.5) is 5.82 Å². The average molecular weight is 410 g/mol. The number of nitrogens with one attached hydrogen (secondary N) is 1. The lowest BCUT2D eigenvalue weighted by Crippen LogP contribution is -2.28. The van der Waals surface area contributed by atoms with E-state index in [1.807, 2.05) is 10.8 Å². The maximum Gasteiger partial charge on any atom is 0.264 e. The fourth-order valence-electron chi connectivity index (χ4n) is 2.75. The Balaban J connectivity index is 1.95. The minimum absolute atomic E-state index is 0.0258. The van der Waals surface area contributed by atoms with Gasteiger partial charge in [-0.1, -0.05) is 24.3 Å². The number of anilines is 1. The molecule has 148 valence electrons. The molecule has 1 aromatic heterocycles. The number of carbonyl (C=O) groups excluding carboxylic acids is 2. The van der Waals surface area contributed by atoms with Gasteiger partial charge in [0.25, 0.3) is 10.0 Å². The summed E-state index contributed by atoms with van der Waals surface area (Å²) in [7, 11) is -3.90. The number of primary amides is 1. The monoisotopic (exact) mass is 410 g/mol. The minimum Gasteiger partial charge on any atom is -0.383 e. The SMILES string of the molecule is CC(=O)NS(=O)(=O)c1ccc(-c2cnc(N)c(-c3ccc(C(N)=O)cc3)c2)cc1. The topological polar surface area (TPSA) is 145 Å². The Bertz CT molecular complexity index is 1190. The van der Waals surface area contributed by atoms with Crippen LogP contribution in [0.1, 0.15) is 17.3 Å². The molecule has 0 atom stereocenters. The molecule has 0 fully saturated rings. The smallest absolute Gasteiger partial charge is 0.264 e. The highest BCUT2D eigenvalue weighted by molar-refractivity contribution is 7.90. The van der Waals surface area contributed by atoms with Gasteiger partial charge in [-0.3, -0.25) is 9.59 Å². The standard InChI is InChI=1S/C20H18N4O4S/c1-12(25)24-29(27,28)17-8-6-13(7-9-17)16-10-18(19(21)23-11-16)14-2-4-15(5-3-14)20(22)26/h2-11H,1H3,(H2,21,23)(H2,22,26)(H,24,25). The maximum atomic E-state index is 12.1. The summed E-state index contributed by atoms with van der Waals surface area (Å²) in [5.74, 6) is -0.875. The van der Waals surface area contributed by atoms with E-state index >= 15 is 0 Å². The highest BCUT2D eigenvalue weighted by Gasteiger charge is 2.15. The van der Waals surface area contributed by atoms with Crippen LogP contribution in [0.2, 0.25) is 0 Å². The summed E-state index contributed by atoms with van der Waals surface area (Å²) in [6.45, 7) is 1.13. The first-order valence-electron chi connectivity index (χ1n) is 8.47. The van der Waals surface area contributed by atoms with Crippen molar-refractivity contribution < 1.29 is 18.0 Å². The van der Waals surface area contributed by atoms with Gasteiger partial charge in [-0.2, -0.15) is 0 Å². The summed E-state index contributed by atoms with van der Waals surface area (Å²) in [6.07, 6.45) is 1.58. The van der Waals surface area contributed by atoms with Crippen molar-refractivity contribution in [3.63, 3.8) is 0 Å². The summed E-state index contributed by atoms with van der Waals surface area (Å²) >= 11 is 0. The summed E-state index contributed by atoms with van der Waals surface area (Å²) in [4.78, 5) is 26.5. The van der Waals surface area contributed by atoms with Crippen LogP contribution in [0.5, 0.6) is 0 Å². The quantitative estimate of drug-likeness (QED) is 0.586. The second-order valence-corrected chi connectivity index (χ2v) is 7.97. The molecule has 0 saturated carbocycles. The summed E-state index contributed by atoms with van der Waals surface area (Å²) < 4.78 is 26.0. The molecule has 0 spiro atoms. The van der Waals surface area contributed by atoms with Crippen LogP contribution in [0.3, 0.4) is 0 Å². The van der Waals surface area contributed by atoms with Crippen molar-refractivity contribution in [2.24, 2.45) is 5.73 Å². The number of nitrogens with two attached hydrogens (primary N) is 2. The van der Waals surface area contributed by atoms with Gasteiger partial charge in [0.15, 0.2) is 0 Å². The van der Waals surface area contributed by atoms with Gasteiger partial charge < -0.3 is 11.5 Å². The maximum absolute atomic E-state index is 12.1. The van der Waals surface area contributed by atoms with E-state index in [-0.39, 0.29) is 4.90 Å². The highest BCUT2D eigenvalue weighted by Crippen LogP contribution is 2.30. The zero-order chi connectivity index (χ0) is 21.2. The van der Waals surface area contributed by atoms with E-state index in [1.54, 1.807) is 42.6 Å². The molecular formula is C20H18N4O4S. The number of amides is 2. The largest absolute Gasteiger partial charge is 0.383 e. The first kappa shape index (κ1) is 20.0. The number of hydrogen-bond acceptors (Lipinski definition) is 6. The molecule has 1 heterocycles. The van der Waals surface area contributed by atoms with Gasteiger partial charge in [-0.25, -0.2) is 18.1 Å². The van der Waals surface area contributed by atoms with Crippen molar-refractivity contribution in [2.45, 2.75) is 11.8 Å². The molecule has 0 aliphatic rings. The van der Waals surface area contributed by atoms with Crippen molar-refractivity contribution >= 4 is 27.7 Å². The average Bonchev–Trinajstić information content (AvgIpc) is 2.67. The number of sulfonamides is 1. The Hall–Kier alpha value is -3.72. The van der Waals surface area contributed by atoms with Gasteiger partial charge in [0, 0.05) is 29.8 Å². The Morgan fingerprint density at radius 2 is 1.52 bits per heavy atom. The molecule has 2 aromatic carbocycles. The van der Waals surface area contributed by atoms with Crippen LogP contribution in [0.15, 0.2) is 65.7 Å². The Labute approximate surface area is 167 Å². The molecular weight excluding hydrogens is 392 g/mol. The van der Waals surface area contributed by atoms with E-state index in [9.17, 15) is 18.0 Å².